The number of ketones is 1. The highest BCUT2D eigenvalue weighted by Crippen LogP contribution is 2.57. The smallest absolute Gasteiger partial charge is 0.312 e. The number of aromatic nitrogens is 2. The van der Waals surface area contributed by atoms with Gasteiger partial charge in [-0.2, -0.15) is 4.98 Å². The van der Waals surface area contributed by atoms with E-state index in [9.17, 15) is 19.2 Å². The molecule has 3 heterocycles. The number of amides is 1. The average Bonchev–Trinajstić information content (AvgIpc) is 3.82. The molecule has 7 rings (SSSR count). The lowest BCUT2D eigenvalue weighted by molar-refractivity contribution is -0.157. The first-order valence-electron chi connectivity index (χ1n) is 19.8. The summed E-state index contributed by atoms with van der Waals surface area (Å²) in [6.45, 7) is 13.6. The molecule has 14 heteroatoms. The lowest BCUT2D eigenvalue weighted by atomic mass is 9.77. The molecule has 1 aliphatic heterocycles. The molecule has 1 N–H and O–H groups in total. The highest BCUT2D eigenvalue weighted by atomic mass is 35.5. The number of ether oxygens (including phenoxy) is 4. The number of carbonyl (C=O) groups excluding carboxylic acids is 4. The molecule has 1 amide bonds. The van der Waals surface area contributed by atoms with Crippen LogP contribution in [0.1, 0.15) is 79.6 Å². The third-order valence-electron chi connectivity index (χ3n) is 12.2. The van der Waals surface area contributed by atoms with Crippen molar-refractivity contribution in [1.82, 2.24) is 14.9 Å². The zero-order chi connectivity index (χ0) is 41.0. The predicted octanol–water partition coefficient (Wildman–Crippen LogP) is 7.44. The minimum Gasteiger partial charge on any atom is -0.495 e. The first-order chi connectivity index (χ1) is 27.0. The Morgan fingerprint density at radius 3 is 2.42 bits per heavy atom. The molecule has 8 atom stereocenters. The maximum absolute atomic E-state index is 14.8. The third-order valence-corrected chi connectivity index (χ3v) is 12.5. The number of allylic oxidation sites excluding steroid dienone is 1. The Balaban J connectivity index is 1.21. The fourth-order valence-corrected chi connectivity index (χ4v) is 9.10. The lowest BCUT2D eigenvalue weighted by Crippen LogP contribution is -2.48. The van der Waals surface area contributed by atoms with Crippen LogP contribution in [0.25, 0.3) is 22.3 Å². The number of nitrogens with one attached hydrogen (secondary N) is 1. The maximum atomic E-state index is 14.8. The number of halogens is 1. The fraction of sp³-hybridized carbons (Fsp3) is 0.581. The second-order valence-electron chi connectivity index (χ2n) is 17.6. The number of rotatable bonds is 15. The largest absolute Gasteiger partial charge is 0.495 e. The summed E-state index contributed by atoms with van der Waals surface area (Å²) < 4.78 is 28.9. The normalized spacial score (nSPS) is 26.8. The molecule has 3 saturated carbocycles. The monoisotopic (exact) mass is 804 g/mol. The van der Waals surface area contributed by atoms with Crippen molar-refractivity contribution in [1.29, 1.82) is 0 Å². The van der Waals surface area contributed by atoms with E-state index in [1.54, 1.807) is 29.2 Å². The van der Waals surface area contributed by atoms with E-state index in [0.29, 0.717) is 58.1 Å². The summed E-state index contributed by atoms with van der Waals surface area (Å²) >= 11 is 6.82. The lowest BCUT2D eigenvalue weighted by Gasteiger charge is -2.35. The standard InChI is InChI=1S/C43H53ClN4O9/c1-9-25-18-43(25,40(52)54-8)19-33(49)32-15-27(20-48(32)39(51)29(42(4,5)6)16-36(50)57-26-13-23-12-24(23)14-26)56-35-17-30(31-21-55-41(47-31)45-22(2)3)46-38-28(35)10-11-34(53-7)37(38)44/h9-11,17,21-27,29,32H,1,12-16,18-20H2,2-8H3,(H,45,47)/t23-,24+,25-,26?,27-,29-,32+,43-/m1/s1. The van der Waals surface area contributed by atoms with Crippen molar-refractivity contribution in [2.45, 2.75) is 104 Å². The Labute approximate surface area is 338 Å². The van der Waals surface area contributed by atoms with Gasteiger partial charge in [-0.1, -0.05) is 38.4 Å². The van der Waals surface area contributed by atoms with Gasteiger partial charge in [-0.15, -0.1) is 6.58 Å². The van der Waals surface area contributed by atoms with Gasteiger partial charge in [0.2, 0.25) is 5.91 Å². The van der Waals surface area contributed by atoms with E-state index in [-0.39, 0.29) is 60.6 Å². The highest BCUT2D eigenvalue weighted by Gasteiger charge is 2.61. The zero-order valence-electron chi connectivity index (χ0n) is 33.8. The average molecular weight is 805 g/mol. The van der Waals surface area contributed by atoms with E-state index in [2.05, 4.69) is 16.9 Å². The van der Waals surface area contributed by atoms with Crippen LogP contribution in [0.4, 0.5) is 6.01 Å². The second kappa shape index (κ2) is 15.6. The van der Waals surface area contributed by atoms with Gasteiger partial charge in [0, 0.05) is 30.3 Å². The van der Waals surface area contributed by atoms with Gasteiger partial charge in [0.1, 0.15) is 40.7 Å². The number of oxazole rings is 1. The molecule has 0 spiro atoms. The van der Waals surface area contributed by atoms with Crippen LogP contribution in [0, 0.1) is 34.5 Å². The molecule has 1 aromatic carbocycles. The van der Waals surface area contributed by atoms with Crippen molar-refractivity contribution in [3.8, 4) is 22.9 Å². The molecule has 306 valence electrons. The number of carbonyl (C=O) groups is 4. The molecule has 2 aromatic heterocycles. The number of likely N-dealkylation sites (tertiary alicyclic amines) is 1. The Kier molecular flexibility index (Phi) is 11.1. The summed E-state index contributed by atoms with van der Waals surface area (Å²) in [5.74, 6) is -0.440. The number of hydrogen-bond acceptors (Lipinski definition) is 12. The molecule has 3 aromatic rings. The van der Waals surface area contributed by atoms with E-state index in [0.717, 1.165) is 12.8 Å². The summed E-state index contributed by atoms with van der Waals surface area (Å²) in [5.41, 5.74) is -0.432. The van der Waals surface area contributed by atoms with Gasteiger partial charge >= 0.3 is 11.9 Å². The van der Waals surface area contributed by atoms with Gasteiger partial charge in [-0.25, -0.2) is 4.98 Å². The van der Waals surface area contributed by atoms with Crippen molar-refractivity contribution in [3.63, 3.8) is 0 Å². The van der Waals surface area contributed by atoms with Crippen LogP contribution in [0.3, 0.4) is 0 Å². The number of anilines is 1. The summed E-state index contributed by atoms with van der Waals surface area (Å²) in [6, 6.07) is 4.71. The predicted molar refractivity (Wildman–Crippen MR) is 213 cm³/mol. The van der Waals surface area contributed by atoms with E-state index in [1.807, 2.05) is 34.6 Å². The Bertz CT molecular complexity index is 2070. The van der Waals surface area contributed by atoms with Gasteiger partial charge in [-0.3, -0.25) is 19.2 Å². The van der Waals surface area contributed by atoms with Crippen LogP contribution >= 0.6 is 11.6 Å². The molecule has 0 bridgehead atoms. The molecular formula is C43H53ClN4O9. The number of hydrogen-bond donors (Lipinski definition) is 1. The maximum Gasteiger partial charge on any atom is 0.312 e. The minimum atomic E-state index is -1.04. The number of nitrogens with zero attached hydrogens (tertiary/aromatic N) is 3. The molecule has 4 fully saturated rings. The van der Waals surface area contributed by atoms with Crippen molar-refractivity contribution >= 4 is 52.1 Å². The Morgan fingerprint density at radius 2 is 1.79 bits per heavy atom. The number of methoxy groups -OCH3 is 2. The summed E-state index contributed by atoms with van der Waals surface area (Å²) in [6.07, 6.45) is 5.64. The Hall–Kier alpha value is -4.65. The molecule has 1 saturated heterocycles. The van der Waals surface area contributed by atoms with Crippen LogP contribution in [-0.4, -0.2) is 83.6 Å². The van der Waals surface area contributed by atoms with E-state index in [4.69, 9.17) is 39.9 Å². The SMILES string of the molecule is C=C[C@@H]1C[C@]1(CC(=O)[C@@H]1C[C@@H](Oc2cc(-c3coc(NC(C)C)n3)nc3c(Cl)c(OC)ccc23)CN1C(=O)[C@@H](CC(=O)OC1C[C@@H]2C[C@@H]2C1)C(C)(C)C)C(=O)OC. The quantitative estimate of drug-likeness (QED) is 0.120. The Morgan fingerprint density at radius 1 is 1.05 bits per heavy atom. The first-order valence-corrected chi connectivity index (χ1v) is 20.2. The van der Waals surface area contributed by atoms with Gasteiger partial charge in [0.25, 0.3) is 6.01 Å². The molecule has 3 aliphatic carbocycles. The van der Waals surface area contributed by atoms with Gasteiger partial charge in [0.15, 0.2) is 5.78 Å². The van der Waals surface area contributed by atoms with Crippen molar-refractivity contribution in [2.24, 2.45) is 34.5 Å². The summed E-state index contributed by atoms with van der Waals surface area (Å²) in [4.78, 5) is 66.6. The molecule has 1 unspecified atom stereocenters. The van der Waals surface area contributed by atoms with Gasteiger partial charge in [-0.05, 0) is 74.8 Å². The summed E-state index contributed by atoms with van der Waals surface area (Å²) in [5, 5.41) is 3.99. The van der Waals surface area contributed by atoms with Crippen LogP contribution in [0.15, 0.2) is 41.5 Å². The number of pyridine rings is 1. The van der Waals surface area contributed by atoms with Crippen molar-refractivity contribution in [2.75, 3.05) is 26.1 Å². The molecule has 0 radical (unpaired) electrons. The third kappa shape index (κ3) is 8.22. The topological polar surface area (TPSA) is 159 Å². The molecule has 57 heavy (non-hydrogen) atoms. The van der Waals surface area contributed by atoms with Gasteiger partial charge < -0.3 is 33.6 Å². The van der Waals surface area contributed by atoms with Crippen molar-refractivity contribution < 1.29 is 42.5 Å². The first kappa shape index (κ1) is 40.5. The van der Waals surface area contributed by atoms with Gasteiger partial charge in [0.05, 0.1) is 55.8 Å². The molecular weight excluding hydrogens is 752 g/mol. The number of benzene rings is 1. The fourth-order valence-electron chi connectivity index (χ4n) is 8.82. The number of esters is 2. The highest BCUT2D eigenvalue weighted by molar-refractivity contribution is 6.36. The second-order valence-corrected chi connectivity index (χ2v) is 18.0. The van der Waals surface area contributed by atoms with Crippen molar-refractivity contribution in [3.05, 3.63) is 42.1 Å². The van der Waals surface area contributed by atoms with Crippen LogP contribution in [0.5, 0.6) is 11.5 Å². The van der Waals surface area contributed by atoms with Crippen LogP contribution in [-0.2, 0) is 28.7 Å². The number of Topliss-reactive ketones (excluding diaryl/α,β-unsaturated/α-hetero) is 1. The molecule has 13 nitrogen and oxygen atoms in total. The summed E-state index contributed by atoms with van der Waals surface area (Å²) in [7, 11) is 2.82. The minimum absolute atomic E-state index is 0.0500. The zero-order valence-corrected chi connectivity index (χ0v) is 34.5. The van der Waals surface area contributed by atoms with Crippen LogP contribution in [0.2, 0.25) is 5.02 Å². The van der Waals surface area contributed by atoms with E-state index in [1.165, 1.54) is 26.9 Å². The van der Waals surface area contributed by atoms with E-state index < -0.39 is 40.8 Å². The number of fused-ring (bicyclic) bond motifs is 2. The van der Waals surface area contributed by atoms with E-state index >= 15 is 0 Å². The van der Waals surface area contributed by atoms with Crippen LogP contribution < -0.4 is 14.8 Å². The molecule has 4 aliphatic rings.